The number of aromatic nitrogens is 2. The summed E-state index contributed by atoms with van der Waals surface area (Å²) >= 11 is 0. The van der Waals surface area contributed by atoms with E-state index in [1.54, 1.807) is 21.9 Å². The van der Waals surface area contributed by atoms with Gasteiger partial charge in [0.25, 0.3) is 5.91 Å². The molecular weight excluding hydrogens is 338 g/mol. The zero-order chi connectivity index (χ0) is 18.0. The van der Waals surface area contributed by atoms with Crippen LogP contribution in [-0.4, -0.2) is 53.1 Å². The van der Waals surface area contributed by atoms with E-state index in [0.717, 1.165) is 11.4 Å². The highest BCUT2D eigenvalue weighted by Gasteiger charge is 2.35. The van der Waals surface area contributed by atoms with Crippen molar-refractivity contribution in [2.75, 3.05) is 18.1 Å². The predicted molar refractivity (Wildman–Crippen MR) is 96.6 cm³/mol. The zero-order valence-electron chi connectivity index (χ0n) is 14.1. The Morgan fingerprint density at radius 1 is 1.40 bits per heavy atom. The van der Waals surface area contributed by atoms with Gasteiger partial charge in [0, 0.05) is 12.6 Å². The van der Waals surface area contributed by atoms with Crippen molar-refractivity contribution < 1.29 is 13.2 Å². The summed E-state index contributed by atoms with van der Waals surface area (Å²) in [7, 11) is -3.07. The normalized spacial score (nSPS) is 18.8. The van der Waals surface area contributed by atoms with Crippen LogP contribution in [-0.2, 0) is 9.84 Å². The molecule has 1 unspecified atom stereocenters. The Bertz CT molecular complexity index is 888. The highest BCUT2D eigenvalue weighted by molar-refractivity contribution is 7.91. The van der Waals surface area contributed by atoms with E-state index in [2.05, 4.69) is 11.7 Å². The van der Waals surface area contributed by atoms with Crippen LogP contribution in [0.5, 0.6) is 0 Å². The molecule has 132 valence electrons. The Kier molecular flexibility index (Phi) is 4.76. The number of carbonyl (C=O) groups excluding carboxylic acids is 1. The van der Waals surface area contributed by atoms with Gasteiger partial charge in [-0.2, -0.15) is 5.10 Å². The first-order chi connectivity index (χ1) is 11.9. The molecule has 0 radical (unpaired) electrons. The second kappa shape index (κ2) is 6.84. The highest BCUT2D eigenvalue weighted by Crippen LogP contribution is 2.22. The van der Waals surface area contributed by atoms with Crippen LogP contribution in [0.2, 0.25) is 0 Å². The fourth-order valence-corrected chi connectivity index (χ4v) is 4.89. The molecule has 1 saturated heterocycles. The molecular formula is C18H21N3O3S. The number of nitrogens with zero attached hydrogens (tertiary/aromatic N) is 3. The van der Waals surface area contributed by atoms with Crippen LogP contribution in [0.1, 0.15) is 22.5 Å². The molecule has 6 nitrogen and oxygen atoms in total. The van der Waals surface area contributed by atoms with Gasteiger partial charge in [-0.3, -0.25) is 4.79 Å². The van der Waals surface area contributed by atoms with E-state index in [-0.39, 0.29) is 23.5 Å². The fraction of sp³-hybridized carbons (Fsp3) is 0.333. The van der Waals surface area contributed by atoms with E-state index in [9.17, 15) is 13.2 Å². The van der Waals surface area contributed by atoms with Crippen molar-refractivity contribution in [3.63, 3.8) is 0 Å². The van der Waals surface area contributed by atoms with Gasteiger partial charge in [-0.25, -0.2) is 13.1 Å². The van der Waals surface area contributed by atoms with Crippen molar-refractivity contribution in [3.05, 3.63) is 60.4 Å². The van der Waals surface area contributed by atoms with Gasteiger partial charge in [0.2, 0.25) is 0 Å². The molecule has 1 aliphatic heterocycles. The zero-order valence-corrected chi connectivity index (χ0v) is 14.9. The summed E-state index contributed by atoms with van der Waals surface area (Å²) in [6.45, 7) is 5.85. The molecule has 0 N–H and O–H groups in total. The largest absolute Gasteiger partial charge is 0.331 e. The van der Waals surface area contributed by atoms with Crippen molar-refractivity contribution in [3.8, 4) is 5.69 Å². The highest BCUT2D eigenvalue weighted by atomic mass is 32.2. The first-order valence-electron chi connectivity index (χ1n) is 8.15. The number of hydrogen-bond acceptors (Lipinski definition) is 4. The van der Waals surface area contributed by atoms with E-state index >= 15 is 0 Å². The molecule has 0 aliphatic carbocycles. The monoisotopic (exact) mass is 359 g/mol. The molecule has 1 aromatic heterocycles. The van der Waals surface area contributed by atoms with Gasteiger partial charge in [0.05, 0.1) is 34.6 Å². The van der Waals surface area contributed by atoms with E-state index < -0.39 is 9.84 Å². The van der Waals surface area contributed by atoms with Gasteiger partial charge < -0.3 is 4.90 Å². The summed E-state index contributed by atoms with van der Waals surface area (Å²) in [6, 6.07) is 9.26. The number of benzene rings is 1. The number of para-hydroxylation sites is 1. The minimum absolute atomic E-state index is 0.0124. The Morgan fingerprint density at radius 3 is 2.72 bits per heavy atom. The quantitative estimate of drug-likeness (QED) is 0.766. The molecule has 25 heavy (non-hydrogen) atoms. The number of carbonyl (C=O) groups is 1. The molecule has 1 fully saturated rings. The number of sulfone groups is 1. The topological polar surface area (TPSA) is 72.3 Å². The summed E-state index contributed by atoms with van der Waals surface area (Å²) in [4.78, 5) is 14.6. The standard InChI is InChI=1S/C18H21N3O3S/c1-3-10-20(16-9-11-25(23,24)13-16)18(22)17-12-19-21(14(17)2)15-7-5-4-6-8-15/h3-8,12,16H,1,9-11,13H2,2H3. The number of amides is 1. The third-order valence-electron chi connectivity index (χ3n) is 4.48. The molecule has 1 amide bonds. The molecule has 7 heteroatoms. The van der Waals surface area contributed by atoms with Crippen LogP contribution < -0.4 is 0 Å². The van der Waals surface area contributed by atoms with Crippen LogP contribution >= 0.6 is 0 Å². The second-order valence-corrected chi connectivity index (χ2v) is 8.42. The maximum Gasteiger partial charge on any atom is 0.257 e. The molecule has 0 bridgehead atoms. The number of rotatable bonds is 5. The summed E-state index contributed by atoms with van der Waals surface area (Å²) in [5.74, 6) is -0.0686. The van der Waals surface area contributed by atoms with Gasteiger partial charge in [-0.1, -0.05) is 24.3 Å². The van der Waals surface area contributed by atoms with Crippen LogP contribution in [0.25, 0.3) is 5.69 Å². The lowest BCUT2D eigenvalue weighted by atomic mass is 10.1. The summed E-state index contributed by atoms with van der Waals surface area (Å²) in [5.41, 5.74) is 2.08. The summed E-state index contributed by atoms with van der Waals surface area (Å²) < 4.78 is 25.3. The van der Waals surface area contributed by atoms with Crippen molar-refractivity contribution in [1.82, 2.24) is 14.7 Å². The smallest absolute Gasteiger partial charge is 0.257 e. The third kappa shape index (κ3) is 3.51. The third-order valence-corrected chi connectivity index (χ3v) is 6.23. The van der Waals surface area contributed by atoms with Crippen LogP contribution in [0.15, 0.2) is 49.2 Å². The van der Waals surface area contributed by atoms with Crippen molar-refractivity contribution in [2.24, 2.45) is 0 Å². The van der Waals surface area contributed by atoms with E-state index in [4.69, 9.17) is 0 Å². The molecule has 2 aromatic rings. The first-order valence-corrected chi connectivity index (χ1v) is 9.97. The van der Waals surface area contributed by atoms with Crippen molar-refractivity contribution in [2.45, 2.75) is 19.4 Å². The predicted octanol–water partition coefficient (Wildman–Crippen LogP) is 2.00. The molecule has 1 atom stereocenters. The Balaban J connectivity index is 1.91. The molecule has 1 aromatic carbocycles. The van der Waals surface area contributed by atoms with E-state index in [1.165, 1.54) is 0 Å². The fourth-order valence-electron chi connectivity index (χ4n) is 3.16. The van der Waals surface area contributed by atoms with Crippen LogP contribution in [0, 0.1) is 6.92 Å². The molecule has 3 rings (SSSR count). The average Bonchev–Trinajstić information content (AvgIpc) is 3.15. The van der Waals surface area contributed by atoms with Gasteiger partial charge >= 0.3 is 0 Å². The van der Waals surface area contributed by atoms with Crippen molar-refractivity contribution in [1.29, 1.82) is 0 Å². The lowest BCUT2D eigenvalue weighted by Crippen LogP contribution is -2.41. The van der Waals surface area contributed by atoms with Crippen molar-refractivity contribution >= 4 is 15.7 Å². The van der Waals surface area contributed by atoms with Gasteiger partial charge in [0.1, 0.15) is 0 Å². The summed E-state index contributed by atoms with van der Waals surface area (Å²) in [6.07, 6.45) is 3.64. The molecule has 1 aliphatic rings. The van der Waals surface area contributed by atoms with Gasteiger partial charge in [0.15, 0.2) is 9.84 Å². The Labute approximate surface area is 147 Å². The van der Waals surface area contributed by atoms with Gasteiger partial charge in [-0.15, -0.1) is 6.58 Å². The maximum atomic E-state index is 13.0. The molecule has 0 spiro atoms. The SMILES string of the molecule is C=CCN(C(=O)c1cnn(-c2ccccc2)c1C)C1CCS(=O)(=O)C1. The Morgan fingerprint density at radius 2 is 2.12 bits per heavy atom. The molecule has 0 saturated carbocycles. The van der Waals surface area contributed by atoms with Gasteiger partial charge in [-0.05, 0) is 25.5 Å². The average molecular weight is 359 g/mol. The van der Waals surface area contributed by atoms with Crippen LogP contribution in [0.4, 0.5) is 0 Å². The van der Waals surface area contributed by atoms with Crippen LogP contribution in [0.3, 0.4) is 0 Å². The maximum absolute atomic E-state index is 13.0. The van der Waals surface area contributed by atoms with E-state index in [0.29, 0.717) is 18.5 Å². The Hall–Kier alpha value is -2.41. The lowest BCUT2D eigenvalue weighted by Gasteiger charge is -2.27. The number of hydrogen-bond donors (Lipinski definition) is 0. The summed E-state index contributed by atoms with van der Waals surface area (Å²) in [5, 5.41) is 4.33. The minimum Gasteiger partial charge on any atom is -0.331 e. The minimum atomic E-state index is -3.07. The van der Waals surface area contributed by atoms with E-state index in [1.807, 2.05) is 37.3 Å². The second-order valence-electron chi connectivity index (χ2n) is 6.19. The first kappa shape index (κ1) is 17.4. The molecule has 2 heterocycles. The lowest BCUT2D eigenvalue weighted by molar-refractivity contribution is 0.0720.